The van der Waals surface area contributed by atoms with E-state index in [0.29, 0.717) is 6.10 Å². The maximum absolute atomic E-state index is 10.0. The lowest BCUT2D eigenvalue weighted by atomic mass is 9.62. The number of hydrogen-bond acceptors (Lipinski definition) is 2. The average Bonchev–Trinajstić information content (AvgIpc) is 2.88. The lowest BCUT2D eigenvalue weighted by Crippen LogP contribution is -2.57. The fraction of sp³-hybridized carbons (Fsp3) is 1.00. The maximum Gasteiger partial charge on any atom is 0.0681 e. The van der Waals surface area contributed by atoms with E-state index in [1.165, 1.54) is 57.8 Å². The highest BCUT2D eigenvalue weighted by molar-refractivity contribution is 5.06. The van der Waals surface area contributed by atoms with Crippen LogP contribution >= 0.6 is 0 Å². The summed E-state index contributed by atoms with van der Waals surface area (Å²) in [6.45, 7) is 0.957. The molecule has 98 valence electrons. The molecule has 0 aromatic carbocycles. The molecule has 17 heavy (non-hydrogen) atoms. The van der Waals surface area contributed by atoms with Crippen LogP contribution in [0.25, 0.3) is 0 Å². The molecule has 0 saturated heterocycles. The smallest absolute Gasteiger partial charge is 0.0681 e. The van der Waals surface area contributed by atoms with Crippen LogP contribution in [0.2, 0.25) is 0 Å². The second-order valence-corrected chi connectivity index (χ2v) is 6.52. The summed E-state index contributed by atoms with van der Waals surface area (Å²) in [4.78, 5) is 0. The van der Waals surface area contributed by atoms with E-state index < -0.39 is 0 Å². The number of aliphatic hydroxyl groups excluding tert-OH is 1. The molecule has 3 saturated carbocycles. The highest BCUT2D eigenvalue weighted by atomic mass is 16.5. The van der Waals surface area contributed by atoms with Gasteiger partial charge in [-0.1, -0.05) is 32.1 Å². The average molecular weight is 238 g/mol. The van der Waals surface area contributed by atoms with Crippen molar-refractivity contribution in [2.45, 2.75) is 76.4 Å². The van der Waals surface area contributed by atoms with E-state index in [9.17, 15) is 5.11 Å². The summed E-state index contributed by atoms with van der Waals surface area (Å²) in [5.74, 6) is 0.806. The van der Waals surface area contributed by atoms with E-state index in [-0.39, 0.29) is 11.5 Å². The van der Waals surface area contributed by atoms with E-state index in [0.717, 1.165) is 18.9 Å². The van der Waals surface area contributed by atoms with Crippen LogP contribution in [-0.2, 0) is 4.74 Å². The number of rotatable bonds is 3. The van der Waals surface area contributed by atoms with Gasteiger partial charge >= 0.3 is 0 Å². The van der Waals surface area contributed by atoms with Gasteiger partial charge in [0.25, 0.3) is 0 Å². The lowest BCUT2D eigenvalue weighted by molar-refractivity contribution is -0.194. The molecule has 0 bridgehead atoms. The Morgan fingerprint density at radius 1 is 1.00 bits per heavy atom. The predicted octanol–water partition coefficient (Wildman–Crippen LogP) is 3.28. The second kappa shape index (κ2) is 4.89. The molecular weight excluding hydrogens is 212 g/mol. The van der Waals surface area contributed by atoms with Crippen LogP contribution < -0.4 is 0 Å². The van der Waals surface area contributed by atoms with Crippen molar-refractivity contribution in [1.29, 1.82) is 0 Å². The molecule has 2 atom stereocenters. The lowest BCUT2D eigenvalue weighted by Gasteiger charge is -2.51. The zero-order valence-corrected chi connectivity index (χ0v) is 10.9. The Morgan fingerprint density at radius 3 is 2.35 bits per heavy atom. The quantitative estimate of drug-likeness (QED) is 0.817. The largest absolute Gasteiger partial charge is 0.392 e. The minimum atomic E-state index is -0.0682. The van der Waals surface area contributed by atoms with Gasteiger partial charge < -0.3 is 9.84 Å². The molecule has 0 amide bonds. The zero-order valence-electron chi connectivity index (χ0n) is 10.9. The molecule has 2 nitrogen and oxygen atoms in total. The van der Waals surface area contributed by atoms with Crippen molar-refractivity contribution >= 4 is 0 Å². The van der Waals surface area contributed by atoms with E-state index >= 15 is 0 Å². The third-order valence-corrected chi connectivity index (χ3v) is 5.53. The molecule has 3 fully saturated rings. The summed E-state index contributed by atoms with van der Waals surface area (Å²) < 4.78 is 6.17. The van der Waals surface area contributed by atoms with Gasteiger partial charge in [-0.3, -0.25) is 0 Å². The van der Waals surface area contributed by atoms with Crippen molar-refractivity contribution < 1.29 is 9.84 Å². The minimum Gasteiger partial charge on any atom is -0.392 e. The molecule has 0 aromatic heterocycles. The third kappa shape index (κ3) is 2.15. The summed E-state index contributed by atoms with van der Waals surface area (Å²) in [6.07, 6.45) is 13.1. The van der Waals surface area contributed by atoms with Gasteiger partial charge in [-0.15, -0.1) is 0 Å². The van der Waals surface area contributed by atoms with Gasteiger partial charge in [-0.2, -0.15) is 0 Å². The molecule has 1 spiro atoms. The highest BCUT2D eigenvalue weighted by Gasteiger charge is 2.56. The van der Waals surface area contributed by atoms with Gasteiger partial charge in [-0.25, -0.2) is 0 Å². The molecular formula is C15H26O2. The van der Waals surface area contributed by atoms with Crippen molar-refractivity contribution in [1.82, 2.24) is 0 Å². The molecule has 0 radical (unpaired) electrons. The van der Waals surface area contributed by atoms with Gasteiger partial charge in [0.05, 0.1) is 12.2 Å². The van der Waals surface area contributed by atoms with Crippen LogP contribution in [0.15, 0.2) is 0 Å². The molecule has 1 N–H and O–H groups in total. The number of aliphatic hydroxyl groups is 1. The molecule has 0 aliphatic heterocycles. The summed E-state index contributed by atoms with van der Waals surface area (Å²) in [7, 11) is 0. The van der Waals surface area contributed by atoms with E-state index in [2.05, 4.69) is 0 Å². The Labute approximate surface area is 105 Å². The standard InChI is InChI=1S/C15H26O2/c16-13-10-14(15(13)8-4-5-9-15)17-11-12-6-2-1-3-7-12/h12-14,16H,1-11H2. The Balaban J connectivity index is 1.49. The van der Waals surface area contributed by atoms with E-state index in [4.69, 9.17) is 4.74 Å². The maximum atomic E-state index is 10.0. The monoisotopic (exact) mass is 238 g/mol. The molecule has 3 rings (SSSR count). The molecule has 0 aromatic rings. The van der Waals surface area contributed by atoms with Gasteiger partial charge in [0, 0.05) is 18.4 Å². The first kappa shape index (κ1) is 12.0. The molecule has 2 heteroatoms. The van der Waals surface area contributed by atoms with Crippen LogP contribution in [0, 0.1) is 11.3 Å². The Hall–Kier alpha value is -0.0800. The van der Waals surface area contributed by atoms with Crippen LogP contribution in [0.4, 0.5) is 0 Å². The number of hydrogen-bond donors (Lipinski definition) is 1. The van der Waals surface area contributed by atoms with E-state index in [1.807, 2.05) is 0 Å². The Kier molecular flexibility index (Phi) is 3.45. The van der Waals surface area contributed by atoms with Gasteiger partial charge in [0.2, 0.25) is 0 Å². The van der Waals surface area contributed by atoms with Crippen LogP contribution in [0.3, 0.4) is 0 Å². The van der Waals surface area contributed by atoms with Crippen molar-refractivity contribution in [3.8, 4) is 0 Å². The Bertz CT molecular complexity index is 252. The zero-order chi connectivity index (χ0) is 11.7. The summed E-state index contributed by atoms with van der Waals surface area (Å²) >= 11 is 0. The molecule has 3 aliphatic rings. The second-order valence-electron chi connectivity index (χ2n) is 6.52. The molecule has 3 aliphatic carbocycles. The van der Waals surface area contributed by atoms with Crippen molar-refractivity contribution in [2.75, 3.05) is 6.61 Å². The molecule has 2 unspecified atom stereocenters. The third-order valence-electron chi connectivity index (χ3n) is 5.53. The first-order valence-corrected chi connectivity index (χ1v) is 7.61. The SMILES string of the molecule is OC1CC(OCC2CCCCC2)C12CCCC2. The van der Waals surface area contributed by atoms with Crippen LogP contribution in [-0.4, -0.2) is 23.9 Å². The minimum absolute atomic E-state index is 0.0682. The highest BCUT2D eigenvalue weighted by Crippen LogP contribution is 2.54. The predicted molar refractivity (Wildman–Crippen MR) is 67.8 cm³/mol. The summed E-state index contributed by atoms with van der Waals surface area (Å²) in [5.41, 5.74) is 0.175. The first-order valence-electron chi connectivity index (χ1n) is 7.61. The normalized spacial score (nSPS) is 37.2. The Morgan fingerprint density at radius 2 is 1.71 bits per heavy atom. The van der Waals surface area contributed by atoms with Crippen molar-refractivity contribution in [2.24, 2.45) is 11.3 Å². The van der Waals surface area contributed by atoms with Crippen LogP contribution in [0.1, 0.15) is 64.2 Å². The van der Waals surface area contributed by atoms with Gasteiger partial charge in [0.15, 0.2) is 0 Å². The topological polar surface area (TPSA) is 29.5 Å². The summed E-state index contributed by atoms with van der Waals surface area (Å²) in [5, 5.41) is 10.0. The fourth-order valence-corrected chi connectivity index (χ4v) is 4.25. The van der Waals surface area contributed by atoms with Gasteiger partial charge in [-0.05, 0) is 31.6 Å². The number of ether oxygens (including phenoxy) is 1. The van der Waals surface area contributed by atoms with E-state index in [1.54, 1.807) is 0 Å². The van der Waals surface area contributed by atoms with Crippen molar-refractivity contribution in [3.63, 3.8) is 0 Å². The van der Waals surface area contributed by atoms with Gasteiger partial charge in [0.1, 0.15) is 0 Å². The first-order chi connectivity index (χ1) is 8.31. The summed E-state index contributed by atoms with van der Waals surface area (Å²) in [6, 6.07) is 0. The fourth-order valence-electron chi connectivity index (χ4n) is 4.25. The molecule has 0 heterocycles. The van der Waals surface area contributed by atoms with Crippen LogP contribution in [0.5, 0.6) is 0 Å². The van der Waals surface area contributed by atoms with Crippen molar-refractivity contribution in [3.05, 3.63) is 0 Å².